The second kappa shape index (κ2) is 7.05. The molecule has 0 radical (unpaired) electrons. The van der Waals surface area contributed by atoms with Crippen LogP contribution in [-0.2, 0) is 28.7 Å². The van der Waals surface area contributed by atoms with E-state index in [1.165, 1.54) is 6.92 Å². The number of carboxylic acid groups (broad SMARTS) is 1. The van der Waals surface area contributed by atoms with Crippen LogP contribution in [0.15, 0.2) is 22.2 Å². The van der Waals surface area contributed by atoms with Crippen molar-refractivity contribution in [2.24, 2.45) is 0 Å². The van der Waals surface area contributed by atoms with Crippen LogP contribution < -0.4 is 0 Å². The average Bonchev–Trinajstić information content (AvgIpc) is 2.87. The molecule has 0 aromatic rings. The Kier molecular flexibility index (Phi) is 5.30. The lowest BCUT2D eigenvalue weighted by Gasteiger charge is -2.26. The van der Waals surface area contributed by atoms with Crippen molar-refractivity contribution in [2.75, 3.05) is 19.7 Å². The molecule has 2 aliphatic heterocycles. The molecule has 0 saturated carbocycles. The number of carbonyl (C=O) groups is 5. The predicted molar refractivity (Wildman–Crippen MR) is 81.6 cm³/mol. The second-order valence-electron chi connectivity index (χ2n) is 5.15. The minimum atomic E-state index is -1.26. The molecule has 1 unspecified atom stereocenters. The number of aliphatic carboxylic acids is 1. The van der Waals surface area contributed by atoms with Crippen molar-refractivity contribution in [3.05, 3.63) is 22.2 Å². The molecule has 1 N–H and O–H groups in total. The van der Waals surface area contributed by atoms with Gasteiger partial charge in [0.15, 0.2) is 0 Å². The molecule has 0 aliphatic carbocycles. The third-order valence-corrected chi connectivity index (χ3v) is 3.94. The van der Waals surface area contributed by atoms with E-state index in [0.29, 0.717) is 0 Å². The van der Waals surface area contributed by atoms with E-state index in [2.05, 4.69) is 15.9 Å². The average molecular weight is 401 g/mol. The van der Waals surface area contributed by atoms with Crippen molar-refractivity contribution in [3.63, 3.8) is 0 Å². The van der Waals surface area contributed by atoms with E-state index in [-0.39, 0.29) is 23.1 Å². The van der Waals surface area contributed by atoms with Gasteiger partial charge in [0.05, 0.1) is 23.7 Å². The maximum atomic E-state index is 11.9. The summed E-state index contributed by atoms with van der Waals surface area (Å²) in [6, 6.07) is 0. The van der Waals surface area contributed by atoms with Crippen LogP contribution in [0.4, 0.5) is 0 Å². The third kappa shape index (κ3) is 3.77. The maximum Gasteiger partial charge on any atom is 0.329 e. The minimum absolute atomic E-state index is 0.0651. The van der Waals surface area contributed by atoms with Gasteiger partial charge in [-0.1, -0.05) is 0 Å². The lowest BCUT2D eigenvalue weighted by Crippen LogP contribution is -2.46. The molecule has 0 saturated heterocycles. The van der Waals surface area contributed by atoms with Crippen LogP contribution in [0.2, 0.25) is 0 Å². The van der Waals surface area contributed by atoms with E-state index in [1.54, 1.807) is 0 Å². The minimum Gasteiger partial charge on any atom is -0.480 e. The van der Waals surface area contributed by atoms with Crippen LogP contribution in [0.1, 0.15) is 6.92 Å². The highest BCUT2D eigenvalue weighted by atomic mass is 79.9. The fourth-order valence-corrected chi connectivity index (χ4v) is 2.63. The number of ether oxygens (including phenoxy) is 1. The van der Waals surface area contributed by atoms with E-state index in [4.69, 9.17) is 9.84 Å². The molecule has 9 nitrogen and oxygen atoms in total. The van der Waals surface area contributed by atoms with Crippen LogP contribution in [0.25, 0.3) is 0 Å². The number of imide groups is 2. The van der Waals surface area contributed by atoms with Crippen molar-refractivity contribution in [2.45, 2.75) is 13.0 Å². The van der Waals surface area contributed by atoms with Crippen molar-refractivity contribution < 1.29 is 33.8 Å². The Hall–Kier alpha value is -2.33. The number of hydrogen-bond donors (Lipinski definition) is 1. The van der Waals surface area contributed by atoms with Crippen molar-refractivity contribution in [1.29, 1.82) is 0 Å². The zero-order valence-electron chi connectivity index (χ0n) is 12.5. The zero-order chi connectivity index (χ0) is 18.0. The summed E-state index contributed by atoms with van der Waals surface area (Å²) in [6.07, 6.45) is 1.21. The third-order valence-electron chi connectivity index (χ3n) is 3.37. The van der Waals surface area contributed by atoms with Gasteiger partial charge in [0.1, 0.15) is 6.61 Å². The van der Waals surface area contributed by atoms with Crippen molar-refractivity contribution >= 4 is 45.5 Å². The standard InChI is InChI=1S/C14H13BrN2O7/c1-7-2-10(18)16(13(7)22)4-8(24-6-12(20)21)5-17-11(19)3-9(15)14(17)23/h2-3,8H,4-6H2,1H3,(H,20,21). The summed E-state index contributed by atoms with van der Waals surface area (Å²) in [7, 11) is 0. The van der Waals surface area contributed by atoms with E-state index in [1.807, 2.05) is 0 Å². The summed E-state index contributed by atoms with van der Waals surface area (Å²) >= 11 is 2.94. The highest BCUT2D eigenvalue weighted by Crippen LogP contribution is 2.20. The number of amides is 4. The first-order chi connectivity index (χ1) is 11.2. The van der Waals surface area contributed by atoms with Gasteiger partial charge < -0.3 is 9.84 Å². The van der Waals surface area contributed by atoms with Gasteiger partial charge in [-0.05, 0) is 22.9 Å². The molecule has 2 rings (SSSR count). The van der Waals surface area contributed by atoms with Gasteiger partial charge in [-0.25, -0.2) is 4.79 Å². The van der Waals surface area contributed by atoms with Gasteiger partial charge in [0.25, 0.3) is 23.6 Å². The van der Waals surface area contributed by atoms with Crippen LogP contribution in [0.3, 0.4) is 0 Å². The van der Waals surface area contributed by atoms with E-state index in [9.17, 15) is 24.0 Å². The number of halogens is 1. The smallest absolute Gasteiger partial charge is 0.329 e. The Balaban J connectivity index is 2.09. The Morgan fingerprint density at radius 3 is 2.08 bits per heavy atom. The normalized spacial score (nSPS) is 19.1. The molecule has 24 heavy (non-hydrogen) atoms. The van der Waals surface area contributed by atoms with E-state index in [0.717, 1.165) is 22.0 Å². The Bertz CT molecular complexity index is 647. The lowest BCUT2D eigenvalue weighted by atomic mass is 10.2. The number of carbonyl (C=O) groups excluding carboxylic acids is 4. The summed E-state index contributed by atoms with van der Waals surface area (Å²) in [5.74, 6) is -3.53. The zero-order valence-corrected chi connectivity index (χ0v) is 14.1. The highest BCUT2D eigenvalue weighted by Gasteiger charge is 2.35. The van der Waals surface area contributed by atoms with Gasteiger partial charge in [-0.2, -0.15) is 0 Å². The molecule has 0 aromatic carbocycles. The first kappa shape index (κ1) is 18.0. The molecular formula is C14H13BrN2O7. The van der Waals surface area contributed by atoms with Crippen LogP contribution in [-0.4, -0.2) is 70.3 Å². The predicted octanol–water partition coefficient (Wildman–Crippen LogP) is -0.581. The van der Waals surface area contributed by atoms with Crippen LogP contribution >= 0.6 is 15.9 Å². The number of hydrogen-bond acceptors (Lipinski definition) is 6. The van der Waals surface area contributed by atoms with E-state index >= 15 is 0 Å². The summed E-state index contributed by atoms with van der Waals surface area (Å²) in [4.78, 5) is 59.7. The van der Waals surface area contributed by atoms with Gasteiger partial charge in [-0.15, -0.1) is 0 Å². The lowest BCUT2D eigenvalue weighted by molar-refractivity contribution is -0.147. The van der Waals surface area contributed by atoms with E-state index < -0.39 is 42.3 Å². The Morgan fingerprint density at radius 2 is 1.67 bits per heavy atom. The van der Waals surface area contributed by atoms with Crippen LogP contribution in [0, 0.1) is 0 Å². The Labute approximate surface area is 144 Å². The second-order valence-corrected chi connectivity index (χ2v) is 6.01. The van der Waals surface area contributed by atoms with Gasteiger partial charge in [0.2, 0.25) is 0 Å². The quantitative estimate of drug-likeness (QED) is 0.567. The fourth-order valence-electron chi connectivity index (χ4n) is 2.22. The molecule has 0 fully saturated rings. The highest BCUT2D eigenvalue weighted by molar-refractivity contribution is 9.12. The maximum absolute atomic E-state index is 11.9. The molecule has 0 spiro atoms. The first-order valence-electron chi connectivity index (χ1n) is 6.81. The number of rotatable bonds is 7. The van der Waals surface area contributed by atoms with Crippen LogP contribution in [0.5, 0.6) is 0 Å². The summed E-state index contributed by atoms with van der Waals surface area (Å²) in [6.45, 7) is 0.222. The Morgan fingerprint density at radius 1 is 1.12 bits per heavy atom. The SMILES string of the molecule is CC1=CC(=O)N(CC(CN2C(=O)C=C(Br)C2=O)OCC(=O)O)C1=O. The summed E-state index contributed by atoms with van der Waals surface area (Å²) in [5, 5.41) is 8.73. The topological polar surface area (TPSA) is 121 Å². The molecule has 2 heterocycles. The van der Waals surface area contributed by atoms with Gasteiger partial charge in [-0.3, -0.25) is 29.0 Å². The molecule has 0 aromatic heterocycles. The molecule has 1 atom stereocenters. The van der Waals surface area contributed by atoms with Gasteiger partial charge >= 0.3 is 5.97 Å². The summed E-state index contributed by atoms with van der Waals surface area (Å²) in [5.41, 5.74) is 0.245. The van der Waals surface area contributed by atoms with Crippen molar-refractivity contribution in [3.8, 4) is 0 Å². The molecule has 128 valence electrons. The molecule has 0 bridgehead atoms. The molecule has 4 amide bonds. The number of nitrogens with zero attached hydrogens (tertiary/aromatic N) is 2. The first-order valence-corrected chi connectivity index (χ1v) is 7.60. The van der Waals surface area contributed by atoms with Crippen molar-refractivity contribution in [1.82, 2.24) is 9.80 Å². The largest absolute Gasteiger partial charge is 0.480 e. The fraction of sp³-hybridized carbons (Fsp3) is 0.357. The monoisotopic (exact) mass is 400 g/mol. The molecule has 2 aliphatic rings. The molecule has 10 heteroatoms. The number of carboxylic acids is 1. The summed E-state index contributed by atoms with van der Waals surface area (Å²) < 4.78 is 5.20. The van der Waals surface area contributed by atoms with Gasteiger partial charge in [0, 0.05) is 17.7 Å². The molecular weight excluding hydrogens is 388 g/mol.